The highest BCUT2D eigenvalue weighted by atomic mass is 79.9. The molecule has 1 N–H and O–H groups in total. The van der Waals surface area contributed by atoms with E-state index in [2.05, 4.69) is 32.3 Å². The number of nitrogens with one attached hydrogen (secondary N) is 1. The van der Waals surface area contributed by atoms with Crippen LogP contribution < -0.4 is 14.8 Å². The molecule has 5 heteroatoms. The highest BCUT2D eigenvalue weighted by Crippen LogP contribution is 2.39. The van der Waals surface area contributed by atoms with Crippen LogP contribution in [-0.2, 0) is 13.0 Å². The first-order valence-corrected chi connectivity index (χ1v) is 7.31. The van der Waals surface area contributed by atoms with Gasteiger partial charge in [-0.3, -0.25) is 4.98 Å². The fourth-order valence-electron chi connectivity index (χ4n) is 2.12. The Morgan fingerprint density at radius 1 is 1.25 bits per heavy atom. The van der Waals surface area contributed by atoms with Gasteiger partial charge in [-0.2, -0.15) is 0 Å². The number of ether oxygens (including phenoxy) is 2. The number of hydrogen-bond donors (Lipinski definition) is 1. The van der Waals surface area contributed by atoms with Gasteiger partial charge in [-0.25, -0.2) is 0 Å². The third-order valence-electron chi connectivity index (χ3n) is 3.10. The van der Waals surface area contributed by atoms with Crippen molar-refractivity contribution in [3.63, 3.8) is 0 Å². The van der Waals surface area contributed by atoms with Gasteiger partial charge in [-0.15, -0.1) is 0 Å². The quantitative estimate of drug-likeness (QED) is 0.854. The van der Waals surface area contributed by atoms with Gasteiger partial charge in [0, 0.05) is 31.4 Å². The summed E-state index contributed by atoms with van der Waals surface area (Å²) in [7, 11) is 0. The van der Waals surface area contributed by atoms with Gasteiger partial charge in [0.1, 0.15) is 0 Å². The summed E-state index contributed by atoms with van der Waals surface area (Å²) in [6, 6.07) is 10.1. The molecule has 1 aliphatic rings. The molecule has 0 bridgehead atoms. The van der Waals surface area contributed by atoms with Gasteiger partial charge in [-0.05, 0) is 45.8 Å². The first kappa shape index (κ1) is 13.4. The van der Waals surface area contributed by atoms with Crippen LogP contribution >= 0.6 is 15.9 Å². The molecule has 0 fully saturated rings. The average Bonchev–Trinajstić information content (AvgIpc) is 2.94. The van der Waals surface area contributed by atoms with Crippen molar-refractivity contribution < 1.29 is 9.47 Å². The molecule has 2 heterocycles. The van der Waals surface area contributed by atoms with E-state index in [1.807, 2.05) is 30.5 Å². The number of fused-ring (bicyclic) bond motifs is 1. The van der Waals surface area contributed by atoms with Crippen LogP contribution in [0.5, 0.6) is 11.5 Å². The Hall–Kier alpha value is -1.59. The van der Waals surface area contributed by atoms with Gasteiger partial charge < -0.3 is 14.8 Å². The molecule has 20 heavy (non-hydrogen) atoms. The van der Waals surface area contributed by atoms with Crippen molar-refractivity contribution in [1.29, 1.82) is 0 Å². The van der Waals surface area contributed by atoms with Crippen molar-refractivity contribution in [2.75, 3.05) is 13.3 Å². The van der Waals surface area contributed by atoms with Gasteiger partial charge in [-0.1, -0.05) is 6.07 Å². The highest BCUT2D eigenvalue weighted by Gasteiger charge is 2.17. The van der Waals surface area contributed by atoms with Crippen LogP contribution in [0.3, 0.4) is 0 Å². The second-order valence-electron chi connectivity index (χ2n) is 4.56. The molecule has 4 nitrogen and oxygen atoms in total. The van der Waals surface area contributed by atoms with Crippen molar-refractivity contribution in [1.82, 2.24) is 10.3 Å². The predicted octanol–water partition coefficient (Wildman–Crippen LogP) is 2.91. The van der Waals surface area contributed by atoms with E-state index in [4.69, 9.17) is 9.47 Å². The van der Waals surface area contributed by atoms with Crippen LogP contribution in [0, 0.1) is 0 Å². The van der Waals surface area contributed by atoms with Crippen molar-refractivity contribution in [3.05, 3.63) is 52.3 Å². The van der Waals surface area contributed by atoms with E-state index in [0.29, 0.717) is 6.79 Å². The number of halogens is 1. The number of benzene rings is 1. The summed E-state index contributed by atoms with van der Waals surface area (Å²) in [6.45, 7) is 1.98. The molecule has 3 rings (SSSR count). The van der Waals surface area contributed by atoms with Crippen molar-refractivity contribution in [3.8, 4) is 11.5 Å². The van der Waals surface area contributed by atoms with Crippen LogP contribution in [0.1, 0.15) is 11.3 Å². The second kappa shape index (κ2) is 6.24. The lowest BCUT2D eigenvalue weighted by molar-refractivity contribution is 0.173. The predicted molar refractivity (Wildman–Crippen MR) is 79.9 cm³/mol. The molecule has 0 spiro atoms. The molecule has 0 amide bonds. The fraction of sp³-hybridized carbons (Fsp3) is 0.267. The lowest BCUT2D eigenvalue weighted by atomic mass is 10.2. The van der Waals surface area contributed by atoms with Crippen LogP contribution in [0.15, 0.2) is 41.0 Å². The minimum absolute atomic E-state index is 0.296. The van der Waals surface area contributed by atoms with Crippen molar-refractivity contribution in [2.24, 2.45) is 0 Å². The fourth-order valence-corrected chi connectivity index (χ4v) is 2.72. The SMILES string of the molecule is Brc1cc(CNCCc2ccccn2)cc2c1OCO2. The number of aromatic nitrogens is 1. The Kier molecular flexibility index (Phi) is 4.18. The number of hydrogen-bond acceptors (Lipinski definition) is 4. The zero-order valence-electron chi connectivity index (χ0n) is 10.9. The first-order valence-electron chi connectivity index (χ1n) is 6.51. The van der Waals surface area contributed by atoms with E-state index < -0.39 is 0 Å². The minimum Gasteiger partial charge on any atom is -0.454 e. The molecule has 0 saturated heterocycles. The summed E-state index contributed by atoms with van der Waals surface area (Å²) in [5.41, 5.74) is 2.27. The maximum Gasteiger partial charge on any atom is 0.231 e. The Balaban J connectivity index is 1.53. The average molecular weight is 335 g/mol. The maximum atomic E-state index is 5.41. The highest BCUT2D eigenvalue weighted by molar-refractivity contribution is 9.10. The van der Waals surface area contributed by atoms with Gasteiger partial charge in [0.05, 0.1) is 4.47 Å². The van der Waals surface area contributed by atoms with E-state index in [1.165, 1.54) is 5.56 Å². The van der Waals surface area contributed by atoms with Crippen molar-refractivity contribution >= 4 is 15.9 Å². The zero-order chi connectivity index (χ0) is 13.8. The lowest BCUT2D eigenvalue weighted by Crippen LogP contribution is -2.17. The molecule has 0 radical (unpaired) electrons. The Morgan fingerprint density at radius 2 is 2.20 bits per heavy atom. The Labute approximate surface area is 126 Å². The van der Waals surface area contributed by atoms with Crippen LogP contribution in [0.4, 0.5) is 0 Å². The summed E-state index contributed by atoms with van der Waals surface area (Å²) in [5, 5.41) is 3.41. The summed E-state index contributed by atoms with van der Waals surface area (Å²) in [4.78, 5) is 4.30. The van der Waals surface area contributed by atoms with E-state index in [0.717, 1.165) is 41.2 Å². The normalized spacial score (nSPS) is 12.7. The molecule has 0 atom stereocenters. The van der Waals surface area contributed by atoms with Gasteiger partial charge in [0.2, 0.25) is 6.79 Å². The molecule has 1 aliphatic heterocycles. The topological polar surface area (TPSA) is 43.4 Å². The Bertz CT molecular complexity index is 590. The first-order chi connectivity index (χ1) is 9.83. The van der Waals surface area contributed by atoms with Gasteiger partial charge in [0.15, 0.2) is 11.5 Å². The minimum atomic E-state index is 0.296. The standard InChI is InChI=1S/C15H15BrN2O2/c16-13-7-11(8-14-15(13)20-10-19-14)9-17-6-4-12-3-1-2-5-18-12/h1-3,5,7-8,17H,4,6,9-10H2. The van der Waals surface area contributed by atoms with E-state index in [9.17, 15) is 0 Å². The smallest absolute Gasteiger partial charge is 0.231 e. The number of nitrogens with zero attached hydrogens (tertiary/aromatic N) is 1. The third kappa shape index (κ3) is 3.11. The van der Waals surface area contributed by atoms with E-state index in [-0.39, 0.29) is 0 Å². The lowest BCUT2D eigenvalue weighted by Gasteiger charge is -2.07. The number of rotatable bonds is 5. The van der Waals surface area contributed by atoms with E-state index >= 15 is 0 Å². The molecule has 0 aliphatic carbocycles. The molecule has 0 saturated carbocycles. The molecular formula is C15H15BrN2O2. The summed E-state index contributed by atoms with van der Waals surface area (Å²) < 4.78 is 11.7. The van der Waals surface area contributed by atoms with Gasteiger partial charge >= 0.3 is 0 Å². The summed E-state index contributed by atoms with van der Waals surface area (Å²) in [5.74, 6) is 1.60. The molecule has 2 aromatic rings. The number of pyridine rings is 1. The molecule has 1 aromatic heterocycles. The second-order valence-corrected chi connectivity index (χ2v) is 5.41. The molecule has 1 aromatic carbocycles. The van der Waals surface area contributed by atoms with Crippen LogP contribution in [-0.4, -0.2) is 18.3 Å². The van der Waals surface area contributed by atoms with Crippen molar-refractivity contribution in [2.45, 2.75) is 13.0 Å². The third-order valence-corrected chi connectivity index (χ3v) is 3.69. The largest absolute Gasteiger partial charge is 0.454 e. The van der Waals surface area contributed by atoms with Crippen LogP contribution in [0.2, 0.25) is 0 Å². The Morgan fingerprint density at radius 3 is 3.05 bits per heavy atom. The molecule has 104 valence electrons. The molecular weight excluding hydrogens is 320 g/mol. The molecule has 0 unspecified atom stereocenters. The monoisotopic (exact) mass is 334 g/mol. The summed E-state index contributed by atoms with van der Waals surface area (Å²) in [6.07, 6.45) is 2.75. The van der Waals surface area contributed by atoms with Gasteiger partial charge in [0.25, 0.3) is 0 Å². The maximum absolute atomic E-state index is 5.41. The van der Waals surface area contributed by atoms with E-state index in [1.54, 1.807) is 0 Å². The summed E-state index contributed by atoms with van der Waals surface area (Å²) >= 11 is 3.50. The zero-order valence-corrected chi connectivity index (χ0v) is 12.5. The van der Waals surface area contributed by atoms with Crippen LogP contribution in [0.25, 0.3) is 0 Å².